The minimum atomic E-state index is 0.789. The molecule has 1 aliphatic rings. The van der Waals surface area contributed by atoms with Crippen molar-refractivity contribution in [1.82, 2.24) is 19.9 Å². The molecule has 116 valence electrons. The van der Waals surface area contributed by atoms with Gasteiger partial charge in [-0.15, -0.1) is 0 Å². The Balaban J connectivity index is 1.65. The van der Waals surface area contributed by atoms with Gasteiger partial charge in [0, 0.05) is 45.1 Å². The van der Waals surface area contributed by atoms with E-state index in [1.807, 2.05) is 25.3 Å². The van der Waals surface area contributed by atoms with E-state index in [0.717, 1.165) is 56.1 Å². The van der Waals surface area contributed by atoms with Crippen LogP contribution in [0.25, 0.3) is 0 Å². The zero-order valence-corrected chi connectivity index (χ0v) is 13.0. The van der Waals surface area contributed by atoms with Gasteiger partial charge < -0.3 is 15.1 Å². The van der Waals surface area contributed by atoms with Crippen LogP contribution in [0.15, 0.2) is 24.5 Å². The van der Waals surface area contributed by atoms with Crippen LogP contribution < -0.4 is 15.1 Å². The lowest BCUT2D eigenvalue weighted by atomic mass is 10.3. The van der Waals surface area contributed by atoms with Crippen LogP contribution in [0.1, 0.15) is 12.7 Å². The summed E-state index contributed by atoms with van der Waals surface area (Å²) in [4.78, 5) is 22.1. The first-order chi connectivity index (χ1) is 10.8. The average Bonchev–Trinajstić information content (AvgIpc) is 2.56. The van der Waals surface area contributed by atoms with Crippen LogP contribution in [0, 0.1) is 6.92 Å². The first-order valence-corrected chi connectivity index (χ1v) is 7.62. The minimum absolute atomic E-state index is 0.789. The van der Waals surface area contributed by atoms with Crippen LogP contribution in [-0.4, -0.2) is 52.7 Å². The molecule has 1 N–H and O–H groups in total. The number of nitrogens with zero attached hydrogens (tertiary/aromatic N) is 6. The molecule has 3 heterocycles. The summed E-state index contributed by atoms with van der Waals surface area (Å²) in [6, 6.07) is 3.86. The highest BCUT2D eigenvalue weighted by atomic mass is 15.3. The van der Waals surface area contributed by atoms with Crippen LogP contribution in [0.5, 0.6) is 0 Å². The van der Waals surface area contributed by atoms with E-state index in [0.29, 0.717) is 0 Å². The first-order valence-electron chi connectivity index (χ1n) is 7.62. The van der Waals surface area contributed by atoms with Crippen molar-refractivity contribution in [2.75, 3.05) is 47.8 Å². The van der Waals surface area contributed by atoms with E-state index < -0.39 is 0 Å². The van der Waals surface area contributed by atoms with Crippen molar-refractivity contribution >= 4 is 17.6 Å². The zero-order chi connectivity index (χ0) is 15.4. The number of nitrogens with one attached hydrogen (secondary N) is 1. The fourth-order valence-corrected chi connectivity index (χ4v) is 2.54. The van der Waals surface area contributed by atoms with Crippen molar-refractivity contribution in [3.8, 4) is 0 Å². The monoisotopic (exact) mass is 299 g/mol. The molecule has 0 bridgehead atoms. The number of aryl methyl sites for hydroxylation is 1. The molecule has 0 saturated carbocycles. The second kappa shape index (κ2) is 6.55. The predicted octanol–water partition coefficient (Wildman–Crippen LogP) is 1.33. The Morgan fingerprint density at radius 3 is 2.45 bits per heavy atom. The number of piperazine rings is 1. The van der Waals surface area contributed by atoms with Crippen LogP contribution >= 0.6 is 0 Å². The lowest BCUT2D eigenvalue weighted by molar-refractivity contribution is 0.633. The van der Waals surface area contributed by atoms with Crippen molar-refractivity contribution in [2.24, 2.45) is 0 Å². The Bertz CT molecular complexity index is 623. The molecule has 0 aromatic carbocycles. The molecule has 2 aromatic rings. The molecule has 0 aliphatic carbocycles. The quantitative estimate of drug-likeness (QED) is 0.913. The summed E-state index contributed by atoms with van der Waals surface area (Å²) in [5.74, 6) is 3.47. The van der Waals surface area contributed by atoms with Crippen molar-refractivity contribution in [3.05, 3.63) is 30.4 Å². The van der Waals surface area contributed by atoms with Gasteiger partial charge in [-0.05, 0) is 26.0 Å². The first kappa shape index (κ1) is 14.5. The lowest BCUT2D eigenvalue weighted by Crippen LogP contribution is -2.47. The number of aromatic nitrogens is 4. The molecule has 7 heteroatoms. The van der Waals surface area contributed by atoms with Crippen LogP contribution in [-0.2, 0) is 0 Å². The molecule has 22 heavy (non-hydrogen) atoms. The molecule has 3 rings (SSSR count). The van der Waals surface area contributed by atoms with Gasteiger partial charge in [-0.2, -0.15) is 4.98 Å². The number of hydrogen-bond donors (Lipinski definition) is 1. The third-order valence-electron chi connectivity index (χ3n) is 3.65. The van der Waals surface area contributed by atoms with Gasteiger partial charge in [0.05, 0.1) is 0 Å². The largest absolute Gasteiger partial charge is 0.370 e. The fourth-order valence-electron chi connectivity index (χ4n) is 2.54. The molecule has 0 unspecified atom stereocenters. The predicted molar refractivity (Wildman–Crippen MR) is 87.4 cm³/mol. The molecule has 1 saturated heterocycles. The van der Waals surface area contributed by atoms with Crippen LogP contribution in [0.3, 0.4) is 0 Å². The van der Waals surface area contributed by atoms with E-state index in [9.17, 15) is 0 Å². The third-order valence-corrected chi connectivity index (χ3v) is 3.65. The molecule has 7 nitrogen and oxygen atoms in total. The highest BCUT2D eigenvalue weighted by Gasteiger charge is 2.20. The second-order valence-electron chi connectivity index (χ2n) is 5.21. The topological polar surface area (TPSA) is 70.1 Å². The molecule has 2 aromatic heterocycles. The van der Waals surface area contributed by atoms with E-state index in [1.165, 1.54) is 0 Å². The van der Waals surface area contributed by atoms with Gasteiger partial charge >= 0.3 is 0 Å². The normalized spacial score (nSPS) is 15.0. The number of rotatable bonds is 4. The van der Waals surface area contributed by atoms with Crippen LogP contribution in [0.2, 0.25) is 0 Å². The van der Waals surface area contributed by atoms with E-state index >= 15 is 0 Å². The summed E-state index contributed by atoms with van der Waals surface area (Å²) in [7, 11) is 0. The summed E-state index contributed by atoms with van der Waals surface area (Å²) < 4.78 is 0. The van der Waals surface area contributed by atoms with Crippen molar-refractivity contribution in [1.29, 1.82) is 0 Å². The van der Waals surface area contributed by atoms with E-state index in [4.69, 9.17) is 0 Å². The van der Waals surface area contributed by atoms with Crippen molar-refractivity contribution in [3.63, 3.8) is 0 Å². The molecule has 0 radical (unpaired) electrons. The van der Waals surface area contributed by atoms with Gasteiger partial charge in [-0.1, -0.05) is 0 Å². The van der Waals surface area contributed by atoms with Gasteiger partial charge in [0.25, 0.3) is 0 Å². The van der Waals surface area contributed by atoms with Crippen LogP contribution in [0.4, 0.5) is 17.6 Å². The van der Waals surface area contributed by atoms with Crippen molar-refractivity contribution in [2.45, 2.75) is 13.8 Å². The minimum Gasteiger partial charge on any atom is -0.370 e. The highest BCUT2D eigenvalue weighted by Crippen LogP contribution is 2.17. The summed E-state index contributed by atoms with van der Waals surface area (Å²) in [6.45, 7) is 8.43. The molecule has 1 aliphatic heterocycles. The number of hydrogen-bond acceptors (Lipinski definition) is 7. The average molecular weight is 299 g/mol. The molecule has 0 spiro atoms. The van der Waals surface area contributed by atoms with Gasteiger partial charge in [0.1, 0.15) is 17.5 Å². The Labute approximate surface area is 130 Å². The molecule has 0 atom stereocenters. The third kappa shape index (κ3) is 3.24. The Morgan fingerprint density at radius 2 is 1.73 bits per heavy atom. The maximum Gasteiger partial charge on any atom is 0.227 e. The maximum absolute atomic E-state index is 4.56. The van der Waals surface area contributed by atoms with Gasteiger partial charge in [0.2, 0.25) is 5.95 Å². The van der Waals surface area contributed by atoms with E-state index in [2.05, 4.69) is 42.0 Å². The second-order valence-corrected chi connectivity index (χ2v) is 5.21. The standard InChI is InChI=1S/C15H21N7/c1-3-16-13-4-6-18-15(20-13)22-10-8-21(9-11-22)14-5-7-17-12(2)19-14/h4-7H,3,8-11H2,1-2H3,(H,16,18,20). The summed E-state index contributed by atoms with van der Waals surface area (Å²) in [5.41, 5.74) is 0. The van der Waals surface area contributed by atoms with Crippen molar-refractivity contribution < 1.29 is 0 Å². The van der Waals surface area contributed by atoms with E-state index in [-0.39, 0.29) is 0 Å². The molecular weight excluding hydrogens is 278 g/mol. The Hall–Kier alpha value is -2.44. The van der Waals surface area contributed by atoms with Gasteiger partial charge in [0.15, 0.2) is 0 Å². The Kier molecular flexibility index (Phi) is 4.32. The lowest BCUT2D eigenvalue weighted by Gasteiger charge is -2.35. The molecular formula is C15H21N7. The SMILES string of the molecule is CCNc1ccnc(N2CCN(c3ccnc(C)n3)CC2)n1. The fraction of sp³-hybridized carbons (Fsp3) is 0.467. The molecule has 1 fully saturated rings. The number of anilines is 3. The molecule has 0 amide bonds. The summed E-state index contributed by atoms with van der Waals surface area (Å²) >= 11 is 0. The van der Waals surface area contributed by atoms with E-state index in [1.54, 1.807) is 6.20 Å². The maximum atomic E-state index is 4.56. The highest BCUT2D eigenvalue weighted by molar-refractivity contribution is 5.44. The van der Waals surface area contributed by atoms with Gasteiger partial charge in [-0.25, -0.2) is 15.0 Å². The smallest absolute Gasteiger partial charge is 0.227 e. The summed E-state index contributed by atoms with van der Waals surface area (Å²) in [6.07, 6.45) is 3.62. The summed E-state index contributed by atoms with van der Waals surface area (Å²) in [5, 5.41) is 3.22. The Morgan fingerprint density at radius 1 is 1.00 bits per heavy atom. The van der Waals surface area contributed by atoms with Gasteiger partial charge in [-0.3, -0.25) is 0 Å². The zero-order valence-electron chi connectivity index (χ0n) is 13.0.